The molecule has 2 aromatic carbocycles. The molecule has 3 aromatic rings. The van der Waals surface area contributed by atoms with E-state index in [1.54, 1.807) is 7.11 Å². The number of aromatic nitrogens is 2. The van der Waals surface area contributed by atoms with Crippen LogP contribution in [0.1, 0.15) is 41.6 Å². The third-order valence-electron chi connectivity index (χ3n) is 6.09. The van der Waals surface area contributed by atoms with Crippen molar-refractivity contribution in [1.82, 2.24) is 15.1 Å². The fraction of sp³-hybridized carbons (Fsp3) is 0.360. The van der Waals surface area contributed by atoms with Gasteiger partial charge < -0.3 is 10.1 Å². The third-order valence-corrected chi connectivity index (χ3v) is 6.09. The summed E-state index contributed by atoms with van der Waals surface area (Å²) in [4.78, 5) is 13.3. The first-order valence-corrected chi connectivity index (χ1v) is 10.8. The lowest BCUT2D eigenvalue weighted by Crippen LogP contribution is -2.38. The minimum absolute atomic E-state index is 0.0177. The van der Waals surface area contributed by atoms with Gasteiger partial charge in [-0.25, -0.2) is 0 Å². The molecule has 30 heavy (non-hydrogen) atoms. The van der Waals surface area contributed by atoms with Crippen molar-refractivity contribution in [1.29, 1.82) is 0 Å². The van der Waals surface area contributed by atoms with E-state index in [4.69, 9.17) is 9.84 Å². The van der Waals surface area contributed by atoms with E-state index < -0.39 is 0 Å². The number of nitrogens with zero attached hydrogens (tertiary/aromatic N) is 2. The summed E-state index contributed by atoms with van der Waals surface area (Å²) in [5.41, 5.74) is 3.37. The van der Waals surface area contributed by atoms with Crippen molar-refractivity contribution in [2.45, 2.75) is 38.3 Å². The highest BCUT2D eigenvalue weighted by Crippen LogP contribution is 2.44. The lowest BCUT2D eigenvalue weighted by atomic mass is 10.0. The highest BCUT2D eigenvalue weighted by atomic mass is 16.5. The molecule has 0 atom stereocenters. The van der Waals surface area contributed by atoms with Crippen LogP contribution in [-0.2, 0) is 6.54 Å². The lowest BCUT2D eigenvalue weighted by Gasteiger charge is -2.17. The molecule has 1 amide bonds. The van der Waals surface area contributed by atoms with Gasteiger partial charge in [-0.05, 0) is 55.2 Å². The Kier molecular flexibility index (Phi) is 5.03. The number of hydrogen-bond acceptors (Lipinski definition) is 3. The Morgan fingerprint density at radius 2 is 1.83 bits per heavy atom. The number of rotatable bonds is 8. The molecule has 5 nitrogen and oxygen atoms in total. The first kappa shape index (κ1) is 18.9. The predicted molar refractivity (Wildman–Crippen MR) is 116 cm³/mol. The third kappa shape index (κ3) is 4.11. The summed E-state index contributed by atoms with van der Waals surface area (Å²) in [5.74, 6) is 2.04. The molecular formula is C25H27N3O2. The van der Waals surface area contributed by atoms with E-state index in [9.17, 15) is 4.79 Å². The molecule has 0 radical (unpaired) electrons. The van der Waals surface area contributed by atoms with Crippen molar-refractivity contribution in [3.05, 3.63) is 71.9 Å². The SMILES string of the molecule is COc1cccc(-c2nn(Cc3ccccc3)cc2C(=O)NC(C2CC2)C2CC2)c1. The standard InChI is InChI=1S/C25H27N3O2/c1-30-21-9-5-8-20(14-21)24-22(16-28(27-24)15-17-6-3-2-4-7-17)25(29)26-23(18-10-11-18)19-12-13-19/h2-9,14,16,18-19,23H,10-13,15H2,1H3,(H,26,29). The number of ether oxygens (including phenoxy) is 1. The van der Waals surface area contributed by atoms with Gasteiger partial charge in [-0.2, -0.15) is 5.10 Å². The number of carbonyl (C=O) groups is 1. The van der Waals surface area contributed by atoms with Gasteiger partial charge >= 0.3 is 0 Å². The normalized spacial score (nSPS) is 15.9. The number of hydrogen-bond donors (Lipinski definition) is 1. The molecule has 0 aliphatic heterocycles. The zero-order valence-corrected chi connectivity index (χ0v) is 17.3. The number of nitrogens with one attached hydrogen (secondary N) is 1. The summed E-state index contributed by atoms with van der Waals surface area (Å²) in [5, 5.41) is 8.15. The van der Waals surface area contributed by atoms with Crippen molar-refractivity contribution in [2.24, 2.45) is 11.8 Å². The van der Waals surface area contributed by atoms with E-state index in [0.717, 1.165) is 16.9 Å². The van der Waals surface area contributed by atoms with E-state index in [2.05, 4.69) is 17.4 Å². The number of carbonyl (C=O) groups excluding carboxylic acids is 1. The van der Waals surface area contributed by atoms with Crippen molar-refractivity contribution >= 4 is 5.91 Å². The molecule has 5 heteroatoms. The van der Waals surface area contributed by atoms with E-state index in [1.165, 1.54) is 25.7 Å². The molecule has 0 bridgehead atoms. The Labute approximate surface area is 177 Å². The van der Waals surface area contributed by atoms with Crippen molar-refractivity contribution in [2.75, 3.05) is 7.11 Å². The molecule has 5 rings (SSSR count). The molecule has 0 spiro atoms. The maximum Gasteiger partial charge on any atom is 0.255 e. The van der Waals surface area contributed by atoms with Gasteiger partial charge in [-0.1, -0.05) is 42.5 Å². The zero-order valence-electron chi connectivity index (χ0n) is 17.3. The van der Waals surface area contributed by atoms with Crippen molar-refractivity contribution in [3.63, 3.8) is 0 Å². The average molecular weight is 402 g/mol. The van der Waals surface area contributed by atoms with E-state index in [-0.39, 0.29) is 5.91 Å². The molecule has 2 saturated carbocycles. The number of methoxy groups -OCH3 is 1. The Morgan fingerprint density at radius 3 is 2.50 bits per heavy atom. The van der Waals surface area contributed by atoms with Crippen LogP contribution in [0, 0.1) is 11.8 Å². The molecule has 1 heterocycles. The molecular weight excluding hydrogens is 374 g/mol. The van der Waals surface area contributed by atoms with E-state index in [1.807, 2.05) is 53.3 Å². The van der Waals surface area contributed by atoms with Gasteiger partial charge in [0.2, 0.25) is 0 Å². The Morgan fingerprint density at radius 1 is 1.10 bits per heavy atom. The van der Waals surface area contributed by atoms with Gasteiger partial charge in [0.25, 0.3) is 5.91 Å². The topological polar surface area (TPSA) is 56.2 Å². The Hall–Kier alpha value is -3.08. The van der Waals surface area contributed by atoms with Crippen LogP contribution in [0.25, 0.3) is 11.3 Å². The van der Waals surface area contributed by atoms with Gasteiger partial charge in [0.1, 0.15) is 11.4 Å². The summed E-state index contributed by atoms with van der Waals surface area (Å²) in [6, 6.07) is 18.3. The molecule has 2 aliphatic carbocycles. The lowest BCUT2D eigenvalue weighted by molar-refractivity contribution is 0.0927. The second kappa shape index (κ2) is 7.98. The summed E-state index contributed by atoms with van der Waals surface area (Å²) in [7, 11) is 1.65. The molecule has 1 aromatic heterocycles. The molecule has 2 aliphatic rings. The molecule has 2 fully saturated rings. The maximum atomic E-state index is 13.3. The van der Waals surface area contributed by atoms with Crippen LogP contribution < -0.4 is 10.1 Å². The summed E-state index contributed by atoms with van der Waals surface area (Å²) in [6.45, 7) is 0.625. The number of amides is 1. The monoisotopic (exact) mass is 401 g/mol. The van der Waals surface area contributed by atoms with Crippen LogP contribution in [-0.4, -0.2) is 28.8 Å². The Bertz CT molecular complexity index is 1020. The molecule has 1 N–H and O–H groups in total. The quantitative estimate of drug-likeness (QED) is 0.604. The smallest absolute Gasteiger partial charge is 0.255 e. The molecule has 0 saturated heterocycles. The van der Waals surface area contributed by atoms with Crippen molar-refractivity contribution in [3.8, 4) is 17.0 Å². The minimum Gasteiger partial charge on any atom is -0.497 e. The highest BCUT2D eigenvalue weighted by molar-refractivity contribution is 6.00. The van der Waals surface area contributed by atoms with Gasteiger partial charge in [-0.3, -0.25) is 9.48 Å². The van der Waals surface area contributed by atoms with Gasteiger partial charge in [0.05, 0.1) is 19.2 Å². The second-order valence-electron chi connectivity index (χ2n) is 8.48. The number of benzene rings is 2. The summed E-state index contributed by atoms with van der Waals surface area (Å²) in [6.07, 6.45) is 6.82. The van der Waals surface area contributed by atoms with Gasteiger partial charge in [0.15, 0.2) is 0 Å². The first-order valence-electron chi connectivity index (χ1n) is 10.8. The van der Waals surface area contributed by atoms with Crippen LogP contribution in [0.5, 0.6) is 5.75 Å². The van der Waals surface area contributed by atoms with E-state index >= 15 is 0 Å². The fourth-order valence-corrected chi connectivity index (χ4v) is 4.18. The summed E-state index contributed by atoms with van der Waals surface area (Å²) >= 11 is 0. The zero-order chi connectivity index (χ0) is 20.5. The minimum atomic E-state index is -0.0177. The molecule has 154 valence electrons. The molecule has 0 unspecified atom stereocenters. The largest absolute Gasteiger partial charge is 0.497 e. The van der Waals surface area contributed by atoms with Crippen LogP contribution in [0.4, 0.5) is 0 Å². The van der Waals surface area contributed by atoms with Crippen LogP contribution in [0.15, 0.2) is 60.8 Å². The van der Waals surface area contributed by atoms with Gasteiger partial charge in [-0.15, -0.1) is 0 Å². The van der Waals surface area contributed by atoms with Crippen LogP contribution in [0.2, 0.25) is 0 Å². The van der Waals surface area contributed by atoms with Gasteiger partial charge in [0, 0.05) is 17.8 Å². The predicted octanol–water partition coefficient (Wildman–Crippen LogP) is 4.53. The Balaban J connectivity index is 1.47. The fourth-order valence-electron chi connectivity index (χ4n) is 4.18. The van der Waals surface area contributed by atoms with Crippen molar-refractivity contribution < 1.29 is 9.53 Å². The maximum absolute atomic E-state index is 13.3. The van der Waals surface area contributed by atoms with Crippen LogP contribution >= 0.6 is 0 Å². The summed E-state index contributed by atoms with van der Waals surface area (Å²) < 4.78 is 7.25. The highest BCUT2D eigenvalue weighted by Gasteiger charge is 2.42. The first-order chi connectivity index (χ1) is 14.7. The van der Waals surface area contributed by atoms with Crippen LogP contribution in [0.3, 0.4) is 0 Å². The van der Waals surface area contributed by atoms with E-state index in [0.29, 0.717) is 35.7 Å². The second-order valence-corrected chi connectivity index (χ2v) is 8.48. The average Bonchev–Trinajstić information content (AvgIpc) is 3.71.